The Labute approximate surface area is 208 Å². The quantitative estimate of drug-likeness (QED) is 0.626. The van der Waals surface area contributed by atoms with Crippen molar-refractivity contribution in [1.29, 1.82) is 0 Å². The maximum atomic E-state index is 13.9. The number of nitrogens with one attached hydrogen (secondary N) is 1. The van der Waals surface area contributed by atoms with Crippen LogP contribution in [0.1, 0.15) is 42.6 Å². The van der Waals surface area contributed by atoms with E-state index < -0.39 is 35.3 Å². The molecule has 0 saturated carbocycles. The van der Waals surface area contributed by atoms with Crippen LogP contribution in [0, 0.1) is 18.3 Å². The first-order valence-electron chi connectivity index (χ1n) is 11.4. The Balaban J connectivity index is 1.66. The second-order valence-electron chi connectivity index (χ2n) is 9.55. The number of likely N-dealkylation sites (tertiary alicyclic amines) is 1. The Hall–Kier alpha value is -3.44. The normalized spacial score (nSPS) is 21.6. The van der Waals surface area contributed by atoms with Gasteiger partial charge in [0.2, 0.25) is 5.91 Å². The lowest BCUT2D eigenvalue weighted by atomic mass is 9.80. The third kappa shape index (κ3) is 4.25. The van der Waals surface area contributed by atoms with E-state index in [1.807, 2.05) is 32.0 Å². The number of anilines is 1. The van der Waals surface area contributed by atoms with E-state index in [2.05, 4.69) is 10.2 Å². The van der Waals surface area contributed by atoms with Crippen molar-refractivity contribution in [2.24, 2.45) is 5.92 Å². The minimum atomic E-state index is -1.00. The first-order chi connectivity index (χ1) is 16.6. The summed E-state index contributed by atoms with van der Waals surface area (Å²) >= 11 is 5.86. The Morgan fingerprint density at radius 2 is 2.03 bits per heavy atom. The first kappa shape index (κ1) is 24.7. The van der Waals surface area contributed by atoms with Crippen LogP contribution < -0.4 is 5.32 Å². The summed E-state index contributed by atoms with van der Waals surface area (Å²) in [5.74, 6) is -1.68. The van der Waals surface area contributed by atoms with Crippen molar-refractivity contribution in [2.45, 2.75) is 44.3 Å². The van der Waals surface area contributed by atoms with Gasteiger partial charge in [-0.25, -0.2) is 11.0 Å². The number of nitrogens with zero attached hydrogens (tertiary/aromatic N) is 3. The molecule has 2 aromatic rings. The first-order valence-corrected chi connectivity index (χ1v) is 11.8. The second-order valence-corrected chi connectivity index (χ2v) is 9.96. The Bertz CT molecular complexity index is 1240. The Kier molecular flexibility index (Phi) is 6.56. The van der Waals surface area contributed by atoms with E-state index in [1.54, 1.807) is 6.07 Å². The summed E-state index contributed by atoms with van der Waals surface area (Å²) in [6.45, 7) is 11.7. The van der Waals surface area contributed by atoms with Gasteiger partial charge in [0.05, 0.1) is 11.4 Å². The maximum Gasteiger partial charge on any atom is 0.302 e. The minimum absolute atomic E-state index is 0.0563. The van der Waals surface area contributed by atoms with E-state index in [-0.39, 0.29) is 35.4 Å². The van der Waals surface area contributed by atoms with E-state index >= 15 is 0 Å². The summed E-state index contributed by atoms with van der Waals surface area (Å²) < 4.78 is 13.6. The van der Waals surface area contributed by atoms with Gasteiger partial charge in [0.1, 0.15) is 17.3 Å². The van der Waals surface area contributed by atoms with Gasteiger partial charge in [-0.05, 0) is 42.2 Å². The zero-order valence-electron chi connectivity index (χ0n) is 19.7. The van der Waals surface area contributed by atoms with Gasteiger partial charge in [0, 0.05) is 24.8 Å². The van der Waals surface area contributed by atoms with Crippen LogP contribution in [-0.4, -0.2) is 53.3 Å². The standard InChI is InChI=1S/C26H26ClFN4O3/c1-15(2)11-21(31(4)23(33)16-9-10-19(28)18(27)12-16)24(34)32-14-26(13-22(32)29-3)17-7-5-6-8-20(17)30-25(26)35/h5-10,12,15,21-22H,11,13-14H2,1-2,4H3,(H,30,35)/t21-,22-,26-/m0/s1. The number of carbonyl (C=O) groups is 3. The molecular weight excluding hydrogens is 471 g/mol. The Morgan fingerprint density at radius 1 is 1.31 bits per heavy atom. The predicted octanol–water partition coefficient (Wildman–Crippen LogP) is 4.33. The van der Waals surface area contributed by atoms with Crippen molar-refractivity contribution >= 4 is 35.0 Å². The number of amides is 3. The van der Waals surface area contributed by atoms with Crippen molar-refractivity contribution in [3.8, 4) is 0 Å². The van der Waals surface area contributed by atoms with Crippen LogP contribution in [0.2, 0.25) is 5.02 Å². The molecule has 4 rings (SSSR count). The second kappa shape index (κ2) is 9.31. The molecule has 1 fully saturated rings. The average molecular weight is 497 g/mol. The molecule has 2 aliphatic rings. The van der Waals surface area contributed by atoms with Crippen molar-refractivity contribution in [1.82, 2.24) is 9.80 Å². The lowest BCUT2D eigenvalue weighted by Gasteiger charge is -2.32. The van der Waals surface area contributed by atoms with Gasteiger partial charge in [-0.15, -0.1) is 0 Å². The number of fused-ring (bicyclic) bond motifs is 2. The highest BCUT2D eigenvalue weighted by molar-refractivity contribution is 6.31. The van der Waals surface area contributed by atoms with Crippen LogP contribution in [0.3, 0.4) is 0 Å². The molecule has 7 nitrogen and oxygen atoms in total. The molecule has 0 radical (unpaired) electrons. The topological polar surface area (TPSA) is 74.1 Å². The van der Waals surface area contributed by atoms with E-state index in [4.69, 9.17) is 18.2 Å². The van der Waals surface area contributed by atoms with Gasteiger partial charge in [-0.2, -0.15) is 0 Å². The van der Waals surface area contributed by atoms with Crippen LogP contribution in [0.5, 0.6) is 0 Å². The average Bonchev–Trinajstić information content (AvgIpc) is 3.36. The van der Waals surface area contributed by atoms with Crippen LogP contribution >= 0.6 is 11.6 Å². The van der Waals surface area contributed by atoms with Gasteiger partial charge < -0.3 is 10.2 Å². The summed E-state index contributed by atoms with van der Waals surface area (Å²) in [5.41, 5.74) is 0.621. The van der Waals surface area contributed by atoms with E-state index in [1.165, 1.54) is 29.0 Å². The fraction of sp³-hybridized carbons (Fsp3) is 0.385. The molecule has 0 aliphatic carbocycles. The molecular formula is C26H26ClFN4O3. The Morgan fingerprint density at radius 3 is 2.69 bits per heavy atom. The molecule has 35 heavy (non-hydrogen) atoms. The number of hydrogen-bond acceptors (Lipinski definition) is 3. The maximum absolute atomic E-state index is 13.9. The third-order valence-corrected chi connectivity index (χ3v) is 7.11. The number of para-hydroxylation sites is 1. The molecule has 1 spiro atoms. The minimum Gasteiger partial charge on any atom is -0.330 e. The summed E-state index contributed by atoms with van der Waals surface area (Å²) in [6.07, 6.45) is -0.296. The fourth-order valence-electron chi connectivity index (χ4n) is 4.99. The summed E-state index contributed by atoms with van der Waals surface area (Å²) in [7, 11) is 1.51. The van der Waals surface area contributed by atoms with Gasteiger partial charge in [0.15, 0.2) is 0 Å². The number of rotatable bonds is 5. The molecule has 3 amide bonds. The molecule has 9 heteroatoms. The zero-order chi connectivity index (χ0) is 25.5. The fourth-order valence-corrected chi connectivity index (χ4v) is 5.17. The highest BCUT2D eigenvalue weighted by atomic mass is 35.5. The number of halogens is 2. The molecule has 0 aromatic heterocycles. The van der Waals surface area contributed by atoms with Gasteiger partial charge >= 0.3 is 6.17 Å². The number of carbonyl (C=O) groups excluding carboxylic acids is 3. The largest absolute Gasteiger partial charge is 0.330 e. The van der Waals surface area contributed by atoms with E-state index in [9.17, 15) is 18.8 Å². The van der Waals surface area contributed by atoms with Gasteiger partial charge in [-0.1, -0.05) is 43.6 Å². The molecule has 3 atom stereocenters. The van der Waals surface area contributed by atoms with Crippen LogP contribution in [0.25, 0.3) is 4.85 Å². The smallest absolute Gasteiger partial charge is 0.302 e. The number of likely N-dealkylation sites (N-methyl/N-ethyl adjacent to an activating group) is 1. The number of benzene rings is 2. The van der Waals surface area contributed by atoms with Crippen molar-refractivity contribution in [3.63, 3.8) is 0 Å². The van der Waals surface area contributed by atoms with Crippen LogP contribution in [0.15, 0.2) is 42.5 Å². The molecule has 0 unspecified atom stereocenters. The molecule has 182 valence electrons. The zero-order valence-corrected chi connectivity index (χ0v) is 20.5. The van der Waals surface area contributed by atoms with Crippen LogP contribution in [-0.2, 0) is 15.0 Å². The highest BCUT2D eigenvalue weighted by Crippen LogP contribution is 2.47. The lowest BCUT2D eigenvalue weighted by Crippen LogP contribution is -2.51. The molecule has 2 heterocycles. The monoisotopic (exact) mass is 496 g/mol. The molecule has 1 saturated heterocycles. The molecule has 2 aromatic carbocycles. The van der Waals surface area contributed by atoms with Gasteiger partial charge in [0.25, 0.3) is 11.8 Å². The van der Waals surface area contributed by atoms with Crippen molar-refractivity contribution in [2.75, 3.05) is 18.9 Å². The summed E-state index contributed by atoms with van der Waals surface area (Å²) in [4.78, 5) is 46.6. The SMILES string of the molecule is [C-]#[N+][C@@H]1C[C@@]2(CN1C(=O)[C@H](CC(C)C)N(C)C(=O)c1ccc(F)c(Cl)c1)C(=O)Nc1ccccc12. The van der Waals surface area contributed by atoms with Crippen molar-refractivity contribution < 1.29 is 18.8 Å². The third-order valence-electron chi connectivity index (χ3n) is 6.82. The van der Waals surface area contributed by atoms with E-state index in [0.29, 0.717) is 12.1 Å². The lowest BCUT2D eigenvalue weighted by molar-refractivity contribution is -0.136. The molecule has 1 N–H and O–H groups in total. The van der Waals surface area contributed by atoms with E-state index in [0.717, 1.165) is 11.6 Å². The predicted molar refractivity (Wildman–Crippen MR) is 130 cm³/mol. The number of hydrogen-bond donors (Lipinski definition) is 1. The molecule has 2 aliphatic heterocycles. The summed E-state index contributed by atoms with van der Waals surface area (Å²) in [6, 6.07) is 10.1. The highest BCUT2D eigenvalue weighted by Gasteiger charge is 2.59. The molecule has 0 bridgehead atoms. The van der Waals surface area contributed by atoms with Gasteiger partial charge in [-0.3, -0.25) is 24.1 Å². The van der Waals surface area contributed by atoms with Crippen molar-refractivity contribution in [3.05, 3.63) is 75.8 Å². The summed E-state index contributed by atoms with van der Waals surface area (Å²) in [5, 5.41) is 2.70. The van der Waals surface area contributed by atoms with Crippen LogP contribution in [0.4, 0.5) is 10.1 Å².